The van der Waals surface area contributed by atoms with E-state index in [0.29, 0.717) is 34.0 Å². The van der Waals surface area contributed by atoms with Crippen LogP contribution in [-0.2, 0) is 5.75 Å². The van der Waals surface area contributed by atoms with Gasteiger partial charge in [-0.1, -0.05) is 11.6 Å². The molecule has 96 valence electrons. The lowest BCUT2D eigenvalue weighted by Gasteiger charge is -2.03. The normalized spacial score (nSPS) is 11.0. The van der Waals surface area contributed by atoms with Crippen LogP contribution in [0.4, 0.5) is 0 Å². The average Bonchev–Trinajstić information content (AvgIpc) is 2.36. The van der Waals surface area contributed by atoms with Crippen molar-refractivity contribution in [1.82, 2.24) is 9.97 Å². The summed E-state index contributed by atoms with van der Waals surface area (Å²) in [5.74, 6) is 2.35. The quantitative estimate of drug-likeness (QED) is 0.825. The van der Waals surface area contributed by atoms with Crippen molar-refractivity contribution < 1.29 is 0 Å². The summed E-state index contributed by atoms with van der Waals surface area (Å²) in [5.41, 5.74) is 5.96. The number of hydrogen-bond donors (Lipinski definition) is 2. The van der Waals surface area contributed by atoms with Gasteiger partial charge in [-0.15, -0.1) is 0 Å². The lowest BCUT2D eigenvalue weighted by atomic mass is 10.2. The largest absolute Gasteiger partial charge is 0.330 e. The van der Waals surface area contributed by atoms with Gasteiger partial charge in [0.2, 0.25) is 0 Å². The van der Waals surface area contributed by atoms with Crippen LogP contribution in [0.15, 0.2) is 23.0 Å². The molecule has 1 aromatic heterocycles. The lowest BCUT2D eigenvalue weighted by Crippen LogP contribution is -2.11. The molecule has 0 spiro atoms. The molecule has 18 heavy (non-hydrogen) atoms. The fourth-order valence-electron chi connectivity index (χ4n) is 1.58. The summed E-state index contributed by atoms with van der Waals surface area (Å²) in [5, 5.41) is 1.07. The summed E-state index contributed by atoms with van der Waals surface area (Å²) in [7, 11) is 0. The molecular formula is C12H14ClN3OS. The highest BCUT2D eigenvalue weighted by atomic mass is 35.5. The topological polar surface area (TPSA) is 71.8 Å². The molecule has 0 radical (unpaired) electrons. The van der Waals surface area contributed by atoms with Gasteiger partial charge < -0.3 is 10.7 Å². The van der Waals surface area contributed by atoms with Crippen molar-refractivity contribution in [3.8, 4) is 0 Å². The number of aromatic amines is 1. The molecule has 0 saturated carbocycles. The fraction of sp³-hybridized carbons (Fsp3) is 0.333. The van der Waals surface area contributed by atoms with E-state index in [9.17, 15) is 4.79 Å². The smallest absolute Gasteiger partial charge is 0.258 e. The van der Waals surface area contributed by atoms with E-state index in [1.165, 1.54) is 0 Å². The Kier molecular flexibility index (Phi) is 4.63. The molecule has 0 fully saturated rings. The number of H-pyrrole nitrogens is 1. The van der Waals surface area contributed by atoms with Gasteiger partial charge in [0.1, 0.15) is 5.82 Å². The first kappa shape index (κ1) is 13.4. The maximum absolute atomic E-state index is 11.9. The van der Waals surface area contributed by atoms with Crippen LogP contribution in [-0.4, -0.2) is 22.3 Å². The Bertz CT molecular complexity index is 599. The predicted molar refractivity (Wildman–Crippen MR) is 77.2 cm³/mol. The summed E-state index contributed by atoms with van der Waals surface area (Å²) < 4.78 is 0. The molecule has 4 nitrogen and oxygen atoms in total. The first-order chi connectivity index (χ1) is 8.70. The summed E-state index contributed by atoms with van der Waals surface area (Å²) in [4.78, 5) is 19.0. The Morgan fingerprint density at radius 3 is 3.06 bits per heavy atom. The number of halogens is 1. The second-order valence-electron chi connectivity index (χ2n) is 3.87. The second kappa shape index (κ2) is 6.22. The van der Waals surface area contributed by atoms with Crippen molar-refractivity contribution in [1.29, 1.82) is 0 Å². The summed E-state index contributed by atoms with van der Waals surface area (Å²) in [6.07, 6.45) is 0.970. The van der Waals surface area contributed by atoms with Gasteiger partial charge in [-0.2, -0.15) is 11.8 Å². The number of benzene rings is 1. The zero-order valence-corrected chi connectivity index (χ0v) is 11.4. The number of fused-ring (bicyclic) bond motifs is 1. The number of nitrogens with two attached hydrogens (primary N) is 1. The molecule has 0 aliphatic heterocycles. The van der Waals surface area contributed by atoms with E-state index < -0.39 is 0 Å². The van der Waals surface area contributed by atoms with E-state index in [4.69, 9.17) is 17.3 Å². The highest BCUT2D eigenvalue weighted by Gasteiger charge is 2.04. The maximum atomic E-state index is 11.9. The van der Waals surface area contributed by atoms with E-state index in [2.05, 4.69) is 9.97 Å². The van der Waals surface area contributed by atoms with E-state index in [-0.39, 0.29) is 5.56 Å². The summed E-state index contributed by atoms with van der Waals surface area (Å²) in [6.45, 7) is 0.688. The average molecular weight is 284 g/mol. The molecule has 3 N–H and O–H groups in total. The monoisotopic (exact) mass is 283 g/mol. The van der Waals surface area contributed by atoms with Gasteiger partial charge in [-0.25, -0.2) is 4.98 Å². The third kappa shape index (κ3) is 3.25. The minimum absolute atomic E-state index is 0.142. The molecular weight excluding hydrogens is 270 g/mol. The SMILES string of the molecule is NCCCSCc1nc2ccc(Cl)cc2c(=O)[nH]1. The van der Waals surface area contributed by atoms with Gasteiger partial charge in [0, 0.05) is 5.02 Å². The molecule has 2 rings (SSSR count). The molecule has 0 unspecified atom stereocenters. The standard InChI is InChI=1S/C12H14ClN3OS/c13-8-2-3-10-9(6-8)12(17)16-11(15-10)7-18-5-1-4-14/h2-3,6H,1,4-5,7,14H2,(H,15,16,17). The molecule has 0 amide bonds. The van der Waals surface area contributed by atoms with Gasteiger partial charge in [0.15, 0.2) is 0 Å². The van der Waals surface area contributed by atoms with Crippen molar-refractivity contribution in [2.75, 3.05) is 12.3 Å². The molecule has 0 aliphatic carbocycles. The van der Waals surface area contributed by atoms with Crippen LogP contribution in [0, 0.1) is 0 Å². The van der Waals surface area contributed by atoms with E-state index in [1.54, 1.807) is 30.0 Å². The first-order valence-electron chi connectivity index (χ1n) is 5.67. The lowest BCUT2D eigenvalue weighted by molar-refractivity contribution is 0.940. The van der Waals surface area contributed by atoms with Gasteiger partial charge in [-0.3, -0.25) is 4.79 Å². The zero-order chi connectivity index (χ0) is 13.0. The van der Waals surface area contributed by atoms with Crippen LogP contribution in [0.3, 0.4) is 0 Å². The van der Waals surface area contributed by atoms with Gasteiger partial charge in [0.05, 0.1) is 16.7 Å². The Labute approximate surface area is 114 Å². The Balaban J connectivity index is 2.21. The van der Waals surface area contributed by atoms with Crippen LogP contribution in [0.1, 0.15) is 12.2 Å². The van der Waals surface area contributed by atoms with E-state index >= 15 is 0 Å². The molecule has 2 aromatic rings. The Hall–Kier alpha value is -1.04. The number of hydrogen-bond acceptors (Lipinski definition) is 4. The Morgan fingerprint density at radius 1 is 1.44 bits per heavy atom. The molecule has 0 aliphatic rings. The highest BCUT2D eigenvalue weighted by molar-refractivity contribution is 7.98. The zero-order valence-electron chi connectivity index (χ0n) is 9.78. The van der Waals surface area contributed by atoms with Crippen LogP contribution in [0.5, 0.6) is 0 Å². The third-order valence-electron chi connectivity index (χ3n) is 2.45. The number of nitrogens with one attached hydrogen (secondary N) is 1. The molecule has 1 heterocycles. The minimum atomic E-state index is -0.142. The second-order valence-corrected chi connectivity index (χ2v) is 5.41. The van der Waals surface area contributed by atoms with Crippen molar-refractivity contribution in [2.45, 2.75) is 12.2 Å². The van der Waals surface area contributed by atoms with Crippen molar-refractivity contribution in [2.24, 2.45) is 5.73 Å². The molecule has 1 aromatic carbocycles. The van der Waals surface area contributed by atoms with Crippen molar-refractivity contribution >= 4 is 34.3 Å². The number of rotatable bonds is 5. The number of nitrogens with zero attached hydrogens (tertiary/aromatic N) is 1. The summed E-state index contributed by atoms with van der Waals surface area (Å²) >= 11 is 7.56. The van der Waals surface area contributed by atoms with Crippen LogP contribution in [0.2, 0.25) is 5.02 Å². The molecule has 0 bridgehead atoms. The van der Waals surface area contributed by atoms with Gasteiger partial charge in [-0.05, 0) is 36.9 Å². The van der Waals surface area contributed by atoms with Crippen LogP contribution in [0.25, 0.3) is 10.9 Å². The summed E-state index contributed by atoms with van der Waals surface area (Å²) in [6, 6.07) is 5.14. The number of aromatic nitrogens is 2. The molecule has 0 atom stereocenters. The van der Waals surface area contributed by atoms with E-state index in [0.717, 1.165) is 12.2 Å². The van der Waals surface area contributed by atoms with Crippen molar-refractivity contribution in [3.05, 3.63) is 39.4 Å². The first-order valence-corrected chi connectivity index (χ1v) is 7.20. The maximum Gasteiger partial charge on any atom is 0.258 e. The highest BCUT2D eigenvalue weighted by Crippen LogP contribution is 2.16. The van der Waals surface area contributed by atoms with Crippen LogP contribution >= 0.6 is 23.4 Å². The molecule has 6 heteroatoms. The third-order valence-corrected chi connectivity index (χ3v) is 3.74. The van der Waals surface area contributed by atoms with Gasteiger partial charge >= 0.3 is 0 Å². The fourth-order valence-corrected chi connectivity index (χ4v) is 2.60. The van der Waals surface area contributed by atoms with E-state index in [1.807, 2.05) is 0 Å². The minimum Gasteiger partial charge on any atom is -0.330 e. The number of thioether (sulfide) groups is 1. The van der Waals surface area contributed by atoms with Crippen LogP contribution < -0.4 is 11.3 Å². The Morgan fingerprint density at radius 2 is 2.28 bits per heavy atom. The molecule has 0 saturated heterocycles. The van der Waals surface area contributed by atoms with Gasteiger partial charge in [0.25, 0.3) is 5.56 Å². The van der Waals surface area contributed by atoms with Crippen molar-refractivity contribution in [3.63, 3.8) is 0 Å². The predicted octanol–water partition coefficient (Wildman–Crippen LogP) is 2.16.